The van der Waals surface area contributed by atoms with Gasteiger partial charge in [-0.2, -0.15) is 4.89 Å². The van der Waals surface area contributed by atoms with Crippen molar-refractivity contribution in [2.45, 2.75) is 8.85 Å². The number of hydrogen-bond donors (Lipinski definition) is 0. The van der Waals surface area contributed by atoms with Gasteiger partial charge in [-0.05, 0) is 0 Å². The van der Waals surface area contributed by atoms with Crippen molar-refractivity contribution < 1.29 is 9.78 Å². The van der Waals surface area contributed by atoms with Crippen LogP contribution in [0.3, 0.4) is 0 Å². The molecule has 0 aromatic rings. The zero-order valence-electron chi connectivity index (χ0n) is 4.04. The minimum Gasteiger partial charge on any atom is -0.230 e. The van der Waals surface area contributed by atoms with Gasteiger partial charge in [-0.25, -0.2) is 4.89 Å². The lowest BCUT2D eigenvalue weighted by molar-refractivity contribution is -0.268. The highest BCUT2D eigenvalue weighted by Gasteiger charge is 2.55. The SMILES string of the molecule is ClC1(Cl)COOC1(Cl)Cl. The fourth-order valence-corrected chi connectivity index (χ4v) is 0.673. The van der Waals surface area contributed by atoms with E-state index in [1.807, 2.05) is 0 Å². The van der Waals surface area contributed by atoms with Crippen LogP contribution in [0.1, 0.15) is 0 Å². The largest absolute Gasteiger partial charge is 0.285 e. The first-order chi connectivity index (χ1) is 3.96. The van der Waals surface area contributed by atoms with Gasteiger partial charge >= 0.3 is 0 Å². The molecule has 1 saturated heterocycles. The summed E-state index contributed by atoms with van der Waals surface area (Å²) in [6.07, 6.45) is 0. The summed E-state index contributed by atoms with van der Waals surface area (Å²) in [5.74, 6) is 0. The second kappa shape index (κ2) is 2.29. The molecule has 0 saturated carbocycles. The maximum atomic E-state index is 5.51. The molecule has 0 radical (unpaired) electrons. The Morgan fingerprint density at radius 1 is 1.11 bits per heavy atom. The quantitative estimate of drug-likeness (QED) is 0.452. The third-order valence-corrected chi connectivity index (χ3v) is 2.74. The lowest BCUT2D eigenvalue weighted by Gasteiger charge is -2.18. The van der Waals surface area contributed by atoms with Crippen LogP contribution in [-0.4, -0.2) is 15.5 Å². The van der Waals surface area contributed by atoms with Crippen molar-refractivity contribution in [3.8, 4) is 0 Å². The van der Waals surface area contributed by atoms with E-state index >= 15 is 0 Å². The van der Waals surface area contributed by atoms with Crippen LogP contribution >= 0.6 is 46.4 Å². The van der Waals surface area contributed by atoms with Crippen LogP contribution in [0.2, 0.25) is 0 Å². The van der Waals surface area contributed by atoms with Gasteiger partial charge in [0.2, 0.25) is 4.33 Å². The molecule has 0 N–H and O–H groups in total. The Kier molecular flexibility index (Phi) is 2.08. The van der Waals surface area contributed by atoms with Gasteiger partial charge in [0.05, 0.1) is 0 Å². The number of halogens is 4. The van der Waals surface area contributed by atoms with E-state index in [2.05, 4.69) is 9.78 Å². The minimum atomic E-state index is -1.66. The molecule has 1 aliphatic heterocycles. The van der Waals surface area contributed by atoms with Gasteiger partial charge in [-0.3, -0.25) is 0 Å². The monoisotopic (exact) mass is 210 g/mol. The van der Waals surface area contributed by atoms with E-state index in [9.17, 15) is 0 Å². The van der Waals surface area contributed by atoms with Crippen molar-refractivity contribution in [3.63, 3.8) is 0 Å². The van der Waals surface area contributed by atoms with Gasteiger partial charge in [0, 0.05) is 0 Å². The van der Waals surface area contributed by atoms with Crippen LogP contribution in [0, 0.1) is 0 Å². The molecule has 54 valence electrons. The molecule has 0 aromatic heterocycles. The van der Waals surface area contributed by atoms with Crippen molar-refractivity contribution in [1.82, 2.24) is 0 Å². The zero-order valence-corrected chi connectivity index (χ0v) is 7.06. The topological polar surface area (TPSA) is 18.5 Å². The van der Waals surface area contributed by atoms with Crippen molar-refractivity contribution in [1.29, 1.82) is 0 Å². The molecular formula is C3H2Cl4O2. The van der Waals surface area contributed by atoms with Crippen LogP contribution in [0.15, 0.2) is 0 Å². The Morgan fingerprint density at radius 3 is 1.78 bits per heavy atom. The summed E-state index contributed by atoms with van der Waals surface area (Å²) < 4.78 is -3.04. The summed E-state index contributed by atoms with van der Waals surface area (Å²) in [6, 6.07) is 0. The van der Waals surface area contributed by atoms with Crippen molar-refractivity contribution in [2.75, 3.05) is 6.61 Å². The molecule has 0 atom stereocenters. The van der Waals surface area contributed by atoms with Crippen LogP contribution in [0.25, 0.3) is 0 Å². The molecule has 6 heteroatoms. The molecule has 0 unspecified atom stereocenters. The van der Waals surface area contributed by atoms with Gasteiger partial charge < -0.3 is 0 Å². The molecule has 1 aliphatic rings. The first-order valence-electron chi connectivity index (χ1n) is 2.02. The average molecular weight is 212 g/mol. The van der Waals surface area contributed by atoms with E-state index in [0.29, 0.717) is 0 Å². The van der Waals surface area contributed by atoms with Gasteiger partial charge in [0.25, 0.3) is 4.52 Å². The van der Waals surface area contributed by atoms with Crippen molar-refractivity contribution in [3.05, 3.63) is 0 Å². The van der Waals surface area contributed by atoms with Crippen molar-refractivity contribution >= 4 is 46.4 Å². The fraction of sp³-hybridized carbons (Fsp3) is 1.00. The highest BCUT2D eigenvalue weighted by Crippen LogP contribution is 2.47. The number of hydrogen-bond acceptors (Lipinski definition) is 2. The molecule has 0 aliphatic carbocycles. The lowest BCUT2D eigenvalue weighted by Crippen LogP contribution is -2.32. The Morgan fingerprint density at radius 2 is 1.67 bits per heavy atom. The Bertz CT molecular complexity index is 109. The van der Waals surface area contributed by atoms with Crippen LogP contribution < -0.4 is 0 Å². The molecule has 0 bridgehead atoms. The third-order valence-electron chi connectivity index (χ3n) is 0.830. The van der Waals surface area contributed by atoms with Crippen LogP contribution in [0.4, 0.5) is 0 Å². The molecule has 2 nitrogen and oxygen atoms in total. The average Bonchev–Trinajstić information content (AvgIpc) is 1.81. The molecule has 1 rings (SSSR count). The minimum absolute atomic E-state index is 0.0386. The predicted octanol–water partition coefficient (Wildman–Crippen LogP) is 2.25. The summed E-state index contributed by atoms with van der Waals surface area (Å²) >= 11 is 21.8. The van der Waals surface area contributed by atoms with Crippen LogP contribution in [0.5, 0.6) is 0 Å². The maximum absolute atomic E-state index is 5.51. The summed E-state index contributed by atoms with van der Waals surface area (Å²) in [7, 11) is 0. The van der Waals surface area contributed by atoms with Gasteiger partial charge in [-0.1, -0.05) is 46.4 Å². The molecule has 1 fully saturated rings. The standard InChI is InChI=1S/C3H2Cl4O2/c4-2(5)1-8-9-3(2,6)7/h1H2. The van der Waals surface area contributed by atoms with E-state index < -0.39 is 8.85 Å². The first-order valence-corrected chi connectivity index (χ1v) is 3.53. The summed E-state index contributed by atoms with van der Waals surface area (Å²) in [5, 5.41) is 0. The van der Waals surface area contributed by atoms with E-state index in [0.717, 1.165) is 0 Å². The number of alkyl halides is 4. The Labute approximate surface area is 71.8 Å². The normalized spacial score (nSPS) is 30.7. The van der Waals surface area contributed by atoms with E-state index in [1.165, 1.54) is 0 Å². The molecular weight excluding hydrogens is 210 g/mol. The Hall–Kier alpha value is 1.08. The van der Waals surface area contributed by atoms with E-state index in [1.54, 1.807) is 0 Å². The maximum Gasteiger partial charge on any atom is 0.285 e. The highest BCUT2D eigenvalue weighted by molar-refractivity contribution is 6.61. The summed E-state index contributed by atoms with van der Waals surface area (Å²) in [4.78, 5) is 8.67. The first kappa shape index (κ1) is 8.18. The van der Waals surface area contributed by atoms with Crippen molar-refractivity contribution in [2.24, 2.45) is 0 Å². The molecule has 0 spiro atoms. The molecule has 0 amide bonds. The molecule has 1 heterocycles. The van der Waals surface area contributed by atoms with Crippen LogP contribution in [-0.2, 0) is 9.78 Å². The number of rotatable bonds is 0. The summed E-state index contributed by atoms with van der Waals surface area (Å²) in [6.45, 7) is -0.0386. The fourth-order valence-electron chi connectivity index (χ4n) is 0.322. The zero-order chi connectivity index (χ0) is 7.12. The third kappa shape index (κ3) is 1.39. The smallest absolute Gasteiger partial charge is 0.230 e. The second-order valence-corrected chi connectivity index (χ2v) is 4.31. The van der Waals surface area contributed by atoms with Gasteiger partial charge in [0.1, 0.15) is 6.61 Å². The predicted molar refractivity (Wildman–Crippen MR) is 35.9 cm³/mol. The highest BCUT2D eigenvalue weighted by atomic mass is 35.5. The summed E-state index contributed by atoms with van der Waals surface area (Å²) in [5.41, 5.74) is 0. The lowest BCUT2D eigenvalue weighted by atomic mass is 10.5. The Balaban J connectivity index is 2.75. The van der Waals surface area contributed by atoms with E-state index in [4.69, 9.17) is 46.4 Å². The molecule has 0 aromatic carbocycles. The second-order valence-electron chi connectivity index (χ2n) is 1.57. The van der Waals surface area contributed by atoms with Gasteiger partial charge in [-0.15, -0.1) is 0 Å². The molecule has 9 heavy (non-hydrogen) atoms. The van der Waals surface area contributed by atoms with E-state index in [-0.39, 0.29) is 6.61 Å². The van der Waals surface area contributed by atoms with Gasteiger partial charge in [0.15, 0.2) is 0 Å².